The Kier molecular flexibility index (Phi) is 3.48. The molecule has 0 nitrogen and oxygen atoms in total. The van der Waals surface area contributed by atoms with Gasteiger partial charge in [0.2, 0.25) is 0 Å². The highest BCUT2D eigenvalue weighted by Gasteiger charge is 2.33. The third-order valence-electron chi connectivity index (χ3n) is 4.07. The SMILES string of the molecule is CP1C(c2ccccc2)CC[C@H]1c1ccccc1. The fraction of sp³-hybridized carbons (Fsp3) is 0.294. The first-order chi connectivity index (χ1) is 8.86. The molecule has 0 spiro atoms. The van der Waals surface area contributed by atoms with Crippen LogP contribution in [0.3, 0.4) is 0 Å². The van der Waals surface area contributed by atoms with Gasteiger partial charge in [0.05, 0.1) is 0 Å². The Balaban J connectivity index is 1.83. The summed E-state index contributed by atoms with van der Waals surface area (Å²) in [6.45, 7) is 2.48. The lowest BCUT2D eigenvalue weighted by Gasteiger charge is -2.22. The Labute approximate surface area is 111 Å². The summed E-state index contributed by atoms with van der Waals surface area (Å²) >= 11 is 0. The smallest absolute Gasteiger partial charge is 0.00451 e. The molecule has 2 aromatic carbocycles. The molecule has 0 bridgehead atoms. The van der Waals surface area contributed by atoms with Crippen LogP contribution in [0, 0.1) is 0 Å². The predicted octanol–water partition coefficient (Wildman–Crippen LogP) is 5.37. The minimum Gasteiger partial charge on any atom is -0.0945 e. The number of benzene rings is 2. The van der Waals surface area contributed by atoms with Crippen molar-refractivity contribution in [3.63, 3.8) is 0 Å². The first-order valence-corrected chi connectivity index (χ1v) is 8.61. The summed E-state index contributed by atoms with van der Waals surface area (Å²) in [7, 11) is 0.0556. The van der Waals surface area contributed by atoms with E-state index in [0.717, 1.165) is 11.3 Å². The van der Waals surface area contributed by atoms with Crippen LogP contribution in [0.4, 0.5) is 0 Å². The van der Waals surface area contributed by atoms with Crippen LogP contribution in [0.1, 0.15) is 35.3 Å². The van der Waals surface area contributed by atoms with Gasteiger partial charge in [-0.25, -0.2) is 0 Å². The maximum atomic E-state index is 2.48. The van der Waals surface area contributed by atoms with Crippen molar-refractivity contribution in [2.24, 2.45) is 0 Å². The Bertz CT molecular complexity index is 444. The van der Waals surface area contributed by atoms with Crippen LogP contribution in [0.15, 0.2) is 60.7 Å². The van der Waals surface area contributed by atoms with Crippen molar-refractivity contribution in [2.45, 2.75) is 24.2 Å². The zero-order valence-corrected chi connectivity index (χ0v) is 11.7. The minimum absolute atomic E-state index is 0.0556. The standard InChI is InChI=1S/C17H19P/c1-18-16(14-8-4-2-5-9-14)12-13-17(18)15-10-6-3-7-11-15/h2-11,16-17H,12-13H2,1H3/t16-,17?,18?/m0/s1. The summed E-state index contributed by atoms with van der Waals surface area (Å²) in [5.41, 5.74) is 4.69. The van der Waals surface area contributed by atoms with Crippen molar-refractivity contribution in [3.05, 3.63) is 71.8 Å². The molecule has 0 saturated carbocycles. The molecule has 2 aromatic rings. The molecule has 0 amide bonds. The molecule has 1 heteroatoms. The highest BCUT2D eigenvalue weighted by molar-refractivity contribution is 7.58. The third kappa shape index (κ3) is 2.22. The van der Waals surface area contributed by atoms with Gasteiger partial charge in [0.1, 0.15) is 0 Å². The zero-order valence-electron chi connectivity index (χ0n) is 10.8. The molecule has 0 radical (unpaired) electrons. The van der Waals surface area contributed by atoms with Gasteiger partial charge in [-0.15, -0.1) is 0 Å². The summed E-state index contributed by atoms with van der Waals surface area (Å²) in [5, 5.41) is 0. The Morgan fingerprint density at radius 3 is 1.50 bits per heavy atom. The molecule has 1 heterocycles. The number of rotatable bonds is 2. The third-order valence-corrected chi connectivity index (χ3v) is 7.14. The topological polar surface area (TPSA) is 0 Å². The lowest BCUT2D eigenvalue weighted by atomic mass is 10.0. The van der Waals surface area contributed by atoms with Crippen LogP contribution in [0.25, 0.3) is 0 Å². The first-order valence-electron chi connectivity index (χ1n) is 6.68. The first kappa shape index (κ1) is 11.9. The molecule has 0 aromatic heterocycles. The van der Waals surface area contributed by atoms with Gasteiger partial charge in [0, 0.05) is 11.3 Å². The van der Waals surface area contributed by atoms with Crippen LogP contribution >= 0.6 is 7.92 Å². The second-order valence-corrected chi connectivity index (χ2v) is 7.67. The van der Waals surface area contributed by atoms with E-state index in [1.54, 1.807) is 11.1 Å². The molecule has 0 N–H and O–H groups in total. The van der Waals surface area contributed by atoms with Crippen molar-refractivity contribution in [1.82, 2.24) is 0 Å². The van der Waals surface area contributed by atoms with Gasteiger partial charge in [0.15, 0.2) is 0 Å². The normalized spacial score (nSPS) is 27.3. The molecule has 18 heavy (non-hydrogen) atoms. The Morgan fingerprint density at radius 1 is 0.722 bits per heavy atom. The van der Waals surface area contributed by atoms with E-state index in [9.17, 15) is 0 Å². The van der Waals surface area contributed by atoms with Gasteiger partial charge in [-0.2, -0.15) is 0 Å². The van der Waals surface area contributed by atoms with E-state index < -0.39 is 0 Å². The predicted molar refractivity (Wildman–Crippen MR) is 80.4 cm³/mol. The second kappa shape index (κ2) is 5.24. The molecule has 1 aliphatic rings. The Morgan fingerprint density at radius 2 is 1.11 bits per heavy atom. The second-order valence-electron chi connectivity index (χ2n) is 5.10. The number of hydrogen-bond donors (Lipinski definition) is 0. The summed E-state index contributed by atoms with van der Waals surface area (Å²) in [5.74, 6) is 0. The lowest BCUT2D eigenvalue weighted by molar-refractivity contribution is 0.765. The maximum absolute atomic E-state index is 2.48. The van der Waals surface area contributed by atoms with Gasteiger partial charge in [-0.1, -0.05) is 68.6 Å². The summed E-state index contributed by atoms with van der Waals surface area (Å²) in [4.78, 5) is 0. The van der Waals surface area contributed by atoms with Gasteiger partial charge in [-0.05, 0) is 30.6 Å². The molecule has 92 valence electrons. The average Bonchev–Trinajstić information content (AvgIpc) is 2.83. The van der Waals surface area contributed by atoms with Gasteiger partial charge in [-0.3, -0.25) is 0 Å². The monoisotopic (exact) mass is 254 g/mol. The maximum Gasteiger partial charge on any atom is 0.00451 e. The fourth-order valence-corrected chi connectivity index (χ4v) is 5.93. The van der Waals surface area contributed by atoms with E-state index in [2.05, 4.69) is 67.3 Å². The van der Waals surface area contributed by atoms with E-state index in [4.69, 9.17) is 0 Å². The van der Waals surface area contributed by atoms with Crippen LogP contribution in [0.5, 0.6) is 0 Å². The van der Waals surface area contributed by atoms with Crippen molar-refractivity contribution < 1.29 is 0 Å². The quantitative estimate of drug-likeness (QED) is 0.631. The molecular weight excluding hydrogens is 235 g/mol. The van der Waals surface area contributed by atoms with Gasteiger partial charge < -0.3 is 0 Å². The Hall–Kier alpha value is -1.13. The van der Waals surface area contributed by atoms with Crippen LogP contribution in [-0.2, 0) is 0 Å². The van der Waals surface area contributed by atoms with E-state index in [0.29, 0.717) is 0 Å². The van der Waals surface area contributed by atoms with E-state index in [1.165, 1.54) is 12.8 Å². The van der Waals surface area contributed by atoms with Crippen LogP contribution in [-0.4, -0.2) is 6.66 Å². The highest BCUT2D eigenvalue weighted by Crippen LogP contribution is 2.67. The molecule has 1 saturated heterocycles. The fourth-order valence-electron chi connectivity index (χ4n) is 3.09. The van der Waals surface area contributed by atoms with E-state index in [-0.39, 0.29) is 7.92 Å². The molecule has 3 rings (SSSR count). The van der Waals surface area contributed by atoms with Crippen molar-refractivity contribution in [3.8, 4) is 0 Å². The van der Waals surface area contributed by atoms with E-state index >= 15 is 0 Å². The van der Waals surface area contributed by atoms with Gasteiger partial charge in [0.25, 0.3) is 0 Å². The van der Waals surface area contributed by atoms with Gasteiger partial charge >= 0.3 is 0 Å². The number of hydrogen-bond acceptors (Lipinski definition) is 0. The molecule has 0 aliphatic carbocycles. The highest BCUT2D eigenvalue weighted by atomic mass is 31.1. The van der Waals surface area contributed by atoms with Crippen molar-refractivity contribution in [2.75, 3.05) is 6.66 Å². The summed E-state index contributed by atoms with van der Waals surface area (Å²) in [6, 6.07) is 22.1. The zero-order chi connectivity index (χ0) is 12.4. The molecule has 2 unspecified atom stereocenters. The molecular formula is C17H19P. The van der Waals surface area contributed by atoms with E-state index in [1.807, 2.05) is 0 Å². The van der Waals surface area contributed by atoms with Crippen molar-refractivity contribution >= 4 is 7.92 Å². The largest absolute Gasteiger partial charge is 0.0945 e. The van der Waals surface area contributed by atoms with Crippen molar-refractivity contribution in [1.29, 1.82) is 0 Å². The summed E-state index contributed by atoms with van der Waals surface area (Å²) in [6.07, 6.45) is 2.71. The average molecular weight is 254 g/mol. The van der Waals surface area contributed by atoms with Crippen LogP contribution < -0.4 is 0 Å². The minimum atomic E-state index is 0.0556. The molecule has 1 aliphatic heterocycles. The lowest BCUT2D eigenvalue weighted by Crippen LogP contribution is -1.92. The van der Waals surface area contributed by atoms with Crippen LogP contribution in [0.2, 0.25) is 0 Å². The summed E-state index contributed by atoms with van der Waals surface area (Å²) < 4.78 is 0. The molecule has 3 atom stereocenters. The molecule has 1 fully saturated rings.